The molecule has 0 N–H and O–H groups in total. The number of hydrogen-bond donors (Lipinski definition) is 0. The predicted molar refractivity (Wildman–Crippen MR) is 98.1 cm³/mol. The summed E-state index contributed by atoms with van der Waals surface area (Å²) in [6.45, 7) is 12.2. The standard InChI is InChI=1S/C15H30N2O2.CH3I/c1-5-7-15(2,3)14(18)19-13-6-8-17-11-9-16(4)10-12-17;1-2/h5-13H2,1-4H3;1H3. The number of alkyl halides is 1. The third-order valence-corrected chi connectivity index (χ3v) is 3.88. The lowest BCUT2D eigenvalue weighted by molar-refractivity contribution is -0.154. The van der Waals surface area contributed by atoms with E-state index < -0.39 is 0 Å². The zero-order chi connectivity index (χ0) is 16.3. The van der Waals surface area contributed by atoms with Crippen LogP contribution in [0.4, 0.5) is 0 Å². The first-order valence-electron chi connectivity index (χ1n) is 7.91. The number of carbonyl (C=O) groups is 1. The van der Waals surface area contributed by atoms with Gasteiger partial charge in [0, 0.05) is 32.7 Å². The molecule has 0 bridgehead atoms. The van der Waals surface area contributed by atoms with Gasteiger partial charge in [-0.05, 0) is 38.7 Å². The topological polar surface area (TPSA) is 32.8 Å². The highest BCUT2D eigenvalue weighted by Gasteiger charge is 2.28. The second-order valence-electron chi connectivity index (χ2n) is 6.27. The van der Waals surface area contributed by atoms with Gasteiger partial charge in [-0.3, -0.25) is 4.79 Å². The second kappa shape index (κ2) is 11.7. The Labute approximate surface area is 144 Å². The molecule has 0 aliphatic carbocycles. The molecule has 0 spiro atoms. The first-order chi connectivity index (χ1) is 9.95. The molecule has 5 heteroatoms. The molecule has 4 nitrogen and oxygen atoms in total. The van der Waals surface area contributed by atoms with Gasteiger partial charge in [-0.1, -0.05) is 35.9 Å². The molecular weight excluding hydrogens is 379 g/mol. The van der Waals surface area contributed by atoms with Crippen LogP contribution in [-0.2, 0) is 9.53 Å². The predicted octanol–water partition coefficient (Wildman–Crippen LogP) is 3.04. The molecule has 0 atom stereocenters. The summed E-state index contributed by atoms with van der Waals surface area (Å²) in [4.78, 5) is 18.7. The van der Waals surface area contributed by atoms with E-state index in [4.69, 9.17) is 4.74 Å². The summed E-state index contributed by atoms with van der Waals surface area (Å²) in [7, 11) is 2.16. The summed E-state index contributed by atoms with van der Waals surface area (Å²) >= 11 is 2.15. The van der Waals surface area contributed by atoms with Crippen LogP contribution in [-0.4, -0.2) is 67.1 Å². The first kappa shape index (κ1) is 21.1. The van der Waals surface area contributed by atoms with Gasteiger partial charge in [0.15, 0.2) is 0 Å². The highest BCUT2D eigenvalue weighted by atomic mass is 127. The smallest absolute Gasteiger partial charge is 0.311 e. The molecule has 0 aromatic heterocycles. The monoisotopic (exact) mass is 412 g/mol. The second-order valence-corrected chi connectivity index (χ2v) is 6.27. The van der Waals surface area contributed by atoms with Crippen molar-refractivity contribution in [1.82, 2.24) is 9.80 Å². The van der Waals surface area contributed by atoms with Gasteiger partial charge in [-0.2, -0.15) is 0 Å². The van der Waals surface area contributed by atoms with Crippen LogP contribution in [0, 0.1) is 5.41 Å². The van der Waals surface area contributed by atoms with Gasteiger partial charge in [0.2, 0.25) is 0 Å². The Kier molecular flexibility index (Phi) is 11.7. The van der Waals surface area contributed by atoms with Gasteiger partial charge in [0.05, 0.1) is 12.0 Å². The van der Waals surface area contributed by atoms with E-state index in [2.05, 4.69) is 46.4 Å². The van der Waals surface area contributed by atoms with Crippen molar-refractivity contribution >= 4 is 28.6 Å². The summed E-state index contributed by atoms with van der Waals surface area (Å²) in [5.41, 5.74) is -0.331. The van der Waals surface area contributed by atoms with E-state index in [-0.39, 0.29) is 11.4 Å². The highest BCUT2D eigenvalue weighted by Crippen LogP contribution is 2.23. The van der Waals surface area contributed by atoms with Crippen molar-refractivity contribution < 1.29 is 9.53 Å². The van der Waals surface area contributed by atoms with Crippen molar-refractivity contribution in [3.63, 3.8) is 0 Å². The molecule has 21 heavy (non-hydrogen) atoms. The number of hydrogen-bond acceptors (Lipinski definition) is 4. The number of rotatable bonds is 7. The lowest BCUT2D eigenvalue weighted by Gasteiger charge is -2.32. The fourth-order valence-electron chi connectivity index (χ4n) is 2.45. The van der Waals surface area contributed by atoms with Crippen molar-refractivity contribution in [1.29, 1.82) is 0 Å². The van der Waals surface area contributed by atoms with Gasteiger partial charge in [-0.15, -0.1) is 0 Å². The van der Waals surface area contributed by atoms with Gasteiger partial charge in [-0.25, -0.2) is 0 Å². The maximum absolute atomic E-state index is 11.9. The van der Waals surface area contributed by atoms with Crippen molar-refractivity contribution in [2.45, 2.75) is 40.0 Å². The number of carbonyl (C=O) groups excluding carboxylic acids is 1. The van der Waals surface area contributed by atoms with Crippen molar-refractivity contribution in [2.24, 2.45) is 5.41 Å². The summed E-state index contributed by atoms with van der Waals surface area (Å²) in [5.74, 6) is -0.0484. The Bertz CT molecular complexity index is 277. The zero-order valence-corrected chi connectivity index (χ0v) is 16.6. The number of halogens is 1. The molecule has 1 saturated heterocycles. The molecule has 0 aromatic rings. The molecule has 0 radical (unpaired) electrons. The average Bonchev–Trinajstić information content (AvgIpc) is 2.47. The lowest BCUT2D eigenvalue weighted by atomic mass is 9.88. The summed E-state index contributed by atoms with van der Waals surface area (Å²) in [5, 5.41) is 0. The SMILES string of the molecule is CCCC(C)(C)C(=O)OCCCN1CCN(C)CC1.CI. The Morgan fingerprint density at radius 2 is 1.76 bits per heavy atom. The van der Waals surface area contributed by atoms with Crippen LogP contribution in [0.1, 0.15) is 40.0 Å². The van der Waals surface area contributed by atoms with Crippen LogP contribution < -0.4 is 0 Å². The lowest BCUT2D eigenvalue weighted by Crippen LogP contribution is -2.44. The summed E-state index contributed by atoms with van der Waals surface area (Å²) in [6, 6.07) is 0. The van der Waals surface area contributed by atoms with E-state index >= 15 is 0 Å². The third kappa shape index (κ3) is 8.98. The summed E-state index contributed by atoms with van der Waals surface area (Å²) in [6.07, 6.45) is 2.85. The van der Waals surface area contributed by atoms with Crippen LogP contribution in [0.3, 0.4) is 0 Å². The van der Waals surface area contributed by atoms with Crippen molar-refractivity contribution in [3.8, 4) is 0 Å². The summed E-state index contributed by atoms with van der Waals surface area (Å²) < 4.78 is 5.40. The molecule has 126 valence electrons. The van der Waals surface area contributed by atoms with E-state index in [9.17, 15) is 4.79 Å². The Morgan fingerprint density at radius 3 is 2.29 bits per heavy atom. The van der Waals surface area contributed by atoms with E-state index in [1.807, 2.05) is 18.8 Å². The molecule has 0 amide bonds. The molecule has 0 saturated carbocycles. The number of esters is 1. The normalized spacial score (nSPS) is 17.0. The fourth-order valence-corrected chi connectivity index (χ4v) is 2.45. The van der Waals surface area contributed by atoms with Crippen LogP contribution in [0.5, 0.6) is 0 Å². The minimum atomic E-state index is -0.331. The number of ether oxygens (including phenoxy) is 1. The minimum absolute atomic E-state index is 0.0484. The van der Waals surface area contributed by atoms with Crippen LogP contribution in [0.2, 0.25) is 0 Å². The van der Waals surface area contributed by atoms with Gasteiger partial charge < -0.3 is 14.5 Å². The number of nitrogens with zero attached hydrogens (tertiary/aromatic N) is 2. The first-order valence-corrected chi connectivity index (χ1v) is 10.1. The molecule has 1 heterocycles. The van der Waals surface area contributed by atoms with Crippen LogP contribution in [0.25, 0.3) is 0 Å². The molecule has 1 fully saturated rings. The van der Waals surface area contributed by atoms with E-state index in [0.29, 0.717) is 6.61 Å². The molecule has 1 aliphatic rings. The highest BCUT2D eigenvalue weighted by molar-refractivity contribution is 14.1. The Balaban J connectivity index is 0.00000191. The molecule has 1 rings (SSSR count). The Morgan fingerprint density at radius 1 is 1.19 bits per heavy atom. The quantitative estimate of drug-likeness (QED) is 0.279. The van der Waals surface area contributed by atoms with E-state index in [1.165, 1.54) is 0 Å². The molecule has 0 aromatic carbocycles. The van der Waals surface area contributed by atoms with Crippen molar-refractivity contribution in [3.05, 3.63) is 0 Å². The largest absolute Gasteiger partial charge is 0.465 e. The van der Waals surface area contributed by atoms with Gasteiger partial charge in [0.25, 0.3) is 0 Å². The van der Waals surface area contributed by atoms with E-state index in [0.717, 1.165) is 52.0 Å². The zero-order valence-electron chi connectivity index (χ0n) is 14.5. The van der Waals surface area contributed by atoms with E-state index in [1.54, 1.807) is 0 Å². The number of likely N-dealkylation sites (N-methyl/N-ethyl adjacent to an activating group) is 1. The minimum Gasteiger partial charge on any atom is -0.465 e. The maximum Gasteiger partial charge on any atom is 0.311 e. The average molecular weight is 412 g/mol. The maximum atomic E-state index is 11.9. The van der Waals surface area contributed by atoms with Gasteiger partial charge >= 0.3 is 5.97 Å². The molecule has 1 aliphatic heterocycles. The van der Waals surface area contributed by atoms with Gasteiger partial charge in [0.1, 0.15) is 0 Å². The molecule has 0 unspecified atom stereocenters. The third-order valence-electron chi connectivity index (χ3n) is 3.88. The number of piperazine rings is 1. The Hall–Kier alpha value is 0.120. The van der Waals surface area contributed by atoms with Crippen molar-refractivity contribution in [2.75, 3.05) is 51.3 Å². The van der Waals surface area contributed by atoms with Crippen LogP contribution >= 0.6 is 22.6 Å². The van der Waals surface area contributed by atoms with Crippen LogP contribution in [0.15, 0.2) is 0 Å². The molecular formula is C16H33IN2O2. The fraction of sp³-hybridized carbons (Fsp3) is 0.938.